The number of amides is 1. The first-order valence-electron chi connectivity index (χ1n) is 5.74. The van der Waals surface area contributed by atoms with E-state index in [4.69, 9.17) is 4.74 Å². The highest BCUT2D eigenvalue weighted by molar-refractivity contribution is 5.82. The summed E-state index contributed by atoms with van der Waals surface area (Å²) in [6.07, 6.45) is 0.895. The maximum Gasteiger partial charge on any atom is 0.250 e. The predicted molar refractivity (Wildman–Crippen MR) is 58.9 cm³/mol. The molecule has 3 N–H and O–H groups in total. The van der Waals surface area contributed by atoms with Gasteiger partial charge in [0, 0.05) is 6.61 Å². The molecular formula is C11H21NO4. The van der Waals surface area contributed by atoms with E-state index in [-0.39, 0.29) is 25.0 Å². The van der Waals surface area contributed by atoms with Gasteiger partial charge in [0.1, 0.15) is 6.10 Å². The third kappa shape index (κ3) is 2.72. The lowest BCUT2D eigenvalue weighted by molar-refractivity contribution is -0.135. The SMILES string of the molecule is CCC(CO)(CO)NC(=O)C1OCCC1C. The standard InChI is InChI=1S/C11H21NO4/c1-3-11(6-13,7-14)12-10(15)9-8(2)4-5-16-9/h8-9,13-14H,3-7H2,1-2H3,(H,12,15). The van der Waals surface area contributed by atoms with Crippen LogP contribution >= 0.6 is 0 Å². The van der Waals surface area contributed by atoms with Gasteiger partial charge in [-0.3, -0.25) is 4.79 Å². The third-order valence-electron chi connectivity index (χ3n) is 3.32. The Labute approximate surface area is 95.8 Å². The first-order chi connectivity index (χ1) is 7.58. The van der Waals surface area contributed by atoms with E-state index in [2.05, 4.69) is 5.32 Å². The molecule has 1 fully saturated rings. The van der Waals surface area contributed by atoms with E-state index >= 15 is 0 Å². The normalized spacial score (nSPS) is 25.8. The van der Waals surface area contributed by atoms with Crippen LogP contribution in [0.2, 0.25) is 0 Å². The van der Waals surface area contributed by atoms with Crippen molar-refractivity contribution in [2.45, 2.75) is 38.3 Å². The van der Waals surface area contributed by atoms with Crippen LogP contribution in [0.25, 0.3) is 0 Å². The molecular weight excluding hydrogens is 210 g/mol. The first kappa shape index (κ1) is 13.4. The molecule has 1 aliphatic heterocycles. The second-order valence-corrected chi connectivity index (χ2v) is 4.50. The molecule has 2 atom stereocenters. The highest BCUT2D eigenvalue weighted by Gasteiger charge is 2.36. The highest BCUT2D eigenvalue weighted by atomic mass is 16.5. The molecule has 0 aromatic rings. The lowest BCUT2D eigenvalue weighted by atomic mass is 9.96. The zero-order chi connectivity index (χ0) is 12.2. The molecule has 1 amide bonds. The largest absolute Gasteiger partial charge is 0.394 e. The van der Waals surface area contributed by atoms with Gasteiger partial charge in [0.2, 0.25) is 5.91 Å². The number of nitrogens with one attached hydrogen (secondary N) is 1. The van der Waals surface area contributed by atoms with Gasteiger partial charge in [-0.05, 0) is 18.8 Å². The van der Waals surface area contributed by atoms with Gasteiger partial charge in [-0.2, -0.15) is 0 Å². The van der Waals surface area contributed by atoms with Crippen molar-refractivity contribution in [1.82, 2.24) is 5.32 Å². The number of aliphatic hydroxyl groups excluding tert-OH is 2. The van der Waals surface area contributed by atoms with Crippen molar-refractivity contribution in [3.8, 4) is 0 Å². The van der Waals surface area contributed by atoms with Gasteiger partial charge in [0.05, 0.1) is 18.8 Å². The van der Waals surface area contributed by atoms with Crippen LogP contribution in [-0.4, -0.2) is 47.6 Å². The van der Waals surface area contributed by atoms with Crippen LogP contribution in [0.1, 0.15) is 26.7 Å². The molecule has 0 bridgehead atoms. The van der Waals surface area contributed by atoms with E-state index < -0.39 is 11.6 Å². The maximum atomic E-state index is 11.9. The molecule has 0 aliphatic carbocycles. The minimum Gasteiger partial charge on any atom is -0.394 e. The summed E-state index contributed by atoms with van der Waals surface area (Å²) >= 11 is 0. The summed E-state index contributed by atoms with van der Waals surface area (Å²) in [4.78, 5) is 11.9. The van der Waals surface area contributed by atoms with Gasteiger partial charge in [0.25, 0.3) is 0 Å². The van der Waals surface area contributed by atoms with Gasteiger partial charge in [-0.1, -0.05) is 13.8 Å². The van der Waals surface area contributed by atoms with Gasteiger partial charge >= 0.3 is 0 Å². The Morgan fingerprint density at radius 3 is 2.50 bits per heavy atom. The summed E-state index contributed by atoms with van der Waals surface area (Å²) in [6.45, 7) is 3.82. The van der Waals surface area contributed by atoms with Gasteiger partial charge < -0.3 is 20.3 Å². The lowest BCUT2D eigenvalue weighted by Crippen LogP contribution is -2.56. The van der Waals surface area contributed by atoms with Crippen molar-refractivity contribution < 1.29 is 19.7 Å². The molecule has 5 nitrogen and oxygen atoms in total. The number of hydrogen-bond acceptors (Lipinski definition) is 4. The number of carbonyl (C=O) groups is 1. The fraction of sp³-hybridized carbons (Fsp3) is 0.909. The van der Waals surface area contributed by atoms with Crippen molar-refractivity contribution in [3.05, 3.63) is 0 Å². The minimum atomic E-state index is -0.928. The fourth-order valence-electron chi connectivity index (χ4n) is 1.80. The molecule has 0 saturated carbocycles. The Morgan fingerprint density at radius 2 is 2.12 bits per heavy atom. The monoisotopic (exact) mass is 231 g/mol. The maximum absolute atomic E-state index is 11.9. The predicted octanol–water partition coefficient (Wildman–Crippen LogP) is -0.339. The molecule has 0 aromatic carbocycles. The molecule has 1 aliphatic rings. The first-order valence-corrected chi connectivity index (χ1v) is 5.74. The minimum absolute atomic E-state index is 0.187. The van der Waals surface area contributed by atoms with Crippen LogP contribution in [-0.2, 0) is 9.53 Å². The van der Waals surface area contributed by atoms with Crippen LogP contribution < -0.4 is 5.32 Å². The number of ether oxygens (including phenoxy) is 1. The van der Waals surface area contributed by atoms with Gasteiger partial charge in [-0.15, -0.1) is 0 Å². The van der Waals surface area contributed by atoms with Gasteiger partial charge in [0.15, 0.2) is 0 Å². The molecule has 1 saturated heterocycles. The van der Waals surface area contributed by atoms with Crippen molar-refractivity contribution in [2.75, 3.05) is 19.8 Å². The molecule has 94 valence electrons. The van der Waals surface area contributed by atoms with Crippen molar-refractivity contribution in [3.63, 3.8) is 0 Å². The van der Waals surface area contributed by atoms with Crippen LogP contribution in [0.15, 0.2) is 0 Å². The average molecular weight is 231 g/mol. The lowest BCUT2D eigenvalue weighted by Gasteiger charge is -2.31. The third-order valence-corrected chi connectivity index (χ3v) is 3.32. The quantitative estimate of drug-likeness (QED) is 0.605. The van der Waals surface area contributed by atoms with Crippen LogP contribution in [0.4, 0.5) is 0 Å². The molecule has 1 rings (SSSR count). The topological polar surface area (TPSA) is 78.8 Å². The Bertz CT molecular complexity index is 232. The Balaban J connectivity index is 2.61. The van der Waals surface area contributed by atoms with E-state index in [1.807, 2.05) is 13.8 Å². The van der Waals surface area contributed by atoms with Crippen LogP contribution in [0.3, 0.4) is 0 Å². The number of hydrogen-bond donors (Lipinski definition) is 3. The smallest absolute Gasteiger partial charge is 0.250 e. The van der Waals surface area contributed by atoms with Crippen LogP contribution in [0, 0.1) is 5.92 Å². The summed E-state index contributed by atoms with van der Waals surface area (Å²) < 4.78 is 5.33. The molecule has 1 heterocycles. The van der Waals surface area contributed by atoms with E-state index in [1.165, 1.54) is 0 Å². The van der Waals surface area contributed by atoms with E-state index in [0.29, 0.717) is 13.0 Å². The number of carbonyl (C=O) groups excluding carboxylic acids is 1. The van der Waals surface area contributed by atoms with Crippen molar-refractivity contribution in [1.29, 1.82) is 0 Å². The molecule has 0 radical (unpaired) electrons. The second kappa shape index (κ2) is 5.61. The molecule has 0 aromatic heterocycles. The van der Waals surface area contributed by atoms with Crippen molar-refractivity contribution >= 4 is 5.91 Å². The van der Waals surface area contributed by atoms with Crippen molar-refractivity contribution in [2.24, 2.45) is 5.92 Å². The Kier molecular flexibility index (Phi) is 4.70. The molecule has 5 heteroatoms. The van der Waals surface area contributed by atoms with Gasteiger partial charge in [-0.25, -0.2) is 0 Å². The second-order valence-electron chi connectivity index (χ2n) is 4.50. The molecule has 0 spiro atoms. The Hall–Kier alpha value is -0.650. The van der Waals surface area contributed by atoms with E-state index in [9.17, 15) is 15.0 Å². The van der Waals surface area contributed by atoms with E-state index in [0.717, 1.165) is 6.42 Å². The summed E-state index contributed by atoms with van der Waals surface area (Å²) in [5, 5.41) is 21.1. The summed E-state index contributed by atoms with van der Waals surface area (Å²) in [7, 11) is 0. The zero-order valence-electron chi connectivity index (χ0n) is 9.90. The summed E-state index contributed by atoms with van der Waals surface area (Å²) in [6, 6.07) is 0. The molecule has 2 unspecified atom stereocenters. The van der Waals surface area contributed by atoms with Crippen LogP contribution in [0.5, 0.6) is 0 Å². The number of rotatable bonds is 5. The summed E-state index contributed by atoms with van der Waals surface area (Å²) in [5.74, 6) is -0.0538. The molecule has 16 heavy (non-hydrogen) atoms. The van der Waals surface area contributed by atoms with E-state index in [1.54, 1.807) is 0 Å². The highest BCUT2D eigenvalue weighted by Crippen LogP contribution is 2.21. The zero-order valence-corrected chi connectivity index (χ0v) is 9.90. The average Bonchev–Trinajstić information content (AvgIpc) is 2.72. The Morgan fingerprint density at radius 1 is 1.50 bits per heavy atom. The number of aliphatic hydroxyl groups is 2. The summed E-state index contributed by atoms with van der Waals surface area (Å²) in [5.41, 5.74) is -0.928. The fourth-order valence-corrected chi connectivity index (χ4v) is 1.80.